The van der Waals surface area contributed by atoms with Gasteiger partial charge in [-0.05, 0) is 39.3 Å². The molecule has 3 unspecified atom stereocenters. The predicted molar refractivity (Wildman–Crippen MR) is 83.5 cm³/mol. The molecule has 2 heterocycles. The van der Waals surface area contributed by atoms with Gasteiger partial charge in [-0.1, -0.05) is 18.2 Å². The molecule has 1 aromatic rings. The first-order chi connectivity index (χ1) is 10.1. The summed E-state index contributed by atoms with van der Waals surface area (Å²) in [5.74, 6) is 0.882. The molecule has 0 amide bonds. The van der Waals surface area contributed by atoms with Gasteiger partial charge in [0.25, 0.3) is 0 Å². The van der Waals surface area contributed by atoms with Crippen LogP contribution in [0, 0.1) is 0 Å². The molecule has 2 aliphatic rings. The number of fused-ring (bicyclic) bond motifs is 1. The summed E-state index contributed by atoms with van der Waals surface area (Å²) in [6, 6.07) is 8.53. The topological polar surface area (TPSA) is 47.7 Å². The number of hydrogen-bond acceptors (Lipinski definition) is 4. The highest BCUT2D eigenvalue weighted by Crippen LogP contribution is 2.31. The van der Waals surface area contributed by atoms with Crippen molar-refractivity contribution in [1.82, 2.24) is 4.90 Å². The first kappa shape index (κ1) is 14.8. The fourth-order valence-electron chi connectivity index (χ4n) is 3.38. The van der Waals surface area contributed by atoms with Gasteiger partial charge in [-0.15, -0.1) is 0 Å². The molecule has 0 spiro atoms. The lowest BCUT2D eigenvalue weighted by Crippen LogP contribution is -2.49. The minimum absolute atomic E-state index is 0.0521. The number of nitrogens with two attached hydrogens (primary N) is 1. The summed E-state index contributed by atoms with van der Waals surface area (Å²) in [5.41, 5.74) is 7.55. The van der Waals surface area contributed by atoms with Crippen molar-refractivity contribution >= 4 is 0 Å². The van der Waals surface area contributed by atoms with Gasteiger partial charge in [-0.25, -0.2) is 0 Å². The van der Waals surface area contributed by atoms with Crippen LogP contribution in [0.15, 0.2) is 24.3 Å². The second-order valence-electron chi connectivity index (χ2n) is 6.39. The Hall–Kier alpha value is -1.10. The first-order valence-electron chi connectivity index (χ1n) is 8.02. The Labute approximate surface area is 127 Å². The quantitative estimate of drug-likeness (QED) is 0.924. The van der Waals surface area contributed by atoms with Crippen molar-refractivity contribution < 1.29 is 9.47 Å². The third-order valence-corrected chi connectivity index (χ3v) is 4.46. The van der Waals surface area contributed by atoms with E-state index >= 15 is 0 Å². The number of hydrogen-bond donors (Lipinski definition) is 1. The molecule has 0 bridgehead atoms. The maximum absolute atomic E-state index is 6.50. The highest BCUT2D eigenvalue weighted by molar-refractivity contribution is 5.36. The van der Waals surface area contributed by atoms with Gasteiger partial charge in [0.15, 0.2) is 0 Å². The van der Waals surface area contributed by atoms with Gasteiger partial charge in [-0.3, -0.25) is 4.90 Å². The minimum Gasteiger partial charge on any atom is -0.491 e. The van der Waals surface area contributed by atoms with Crippen molar-refractivity contribution in [2.24, 2.45) is 5.73 Å². The largest absolute Gasteiger partial charge is 0.491 e. The van der Waals surface area contributed by atoms with Gasteiger partial charge in [0.05, 0.1) is 24.9 Å². The van der Waals surface area contributed by atoms with Crippen molar-refractivity contribution in [3.05, 3.63) is 29.8 Å². The SMILES string of the molecule is CC(C)Oc1ccccc1C(N)C1CN2CCCC2CO1. The van der Waals surface area contributed by atoms with Gasteiger partial charge < -0.3 is 15.2 Å². The average Bonchev–Trinajstić information content (AvgIpc) is 2.94. The molecule has 2 saturated heterocycles. The molecular formula is C17H26N2O2. The molecule has 2 fully saturated rings. The van der Waals surface area contributed by atoms with E-state index in [2.05, 4.69) is 11.0 Å². The summed E-state index contributed by atoms with van der Waals surface area (Å²) in [7, 11) is 0. The first-order valence-corrected chi connectivity index (χ1v) is 8.02. The third-order valence-electron chi connectivity index (χ3n) is 4.46. The second-order valence-corrected chi connectivity index (χ2v) is 6.39. The monoisotopic (exact) mass is 290 g/mol. The molecule has 2 N–H and O–H groups in total. The summed E-state index contributed by atoms with van der Waals surface area (Å²) >= 11 is 0. The number of benzene rings is 1. The number of para-hydroxylation sites is 1. The molecule has 3 atom stereocenters. The van der Waals surface area contributed by atoms with Crippen LogP contribution in [0.3, 0.4) is 0 Å². The molecular weight excluding hydrogens is 264 g/mol. The van der Waals surface area contributed by atoms with E-state index in [1.807, 2.05) is 32.0 Å². The molecule has 116 valence electrons. The molecule has 0 saturated carbocycles. The Morgan fingerprint density at radius 1 is 1.33 bits per heavy atom. The van der Waals surface area contributed by atoms with Crippen LogP contribution in [0.5, 0.6) is 5.75 Å². The number of rotatable bonds is 4. The number of nitrogens with zero attached hydrogens (tertiary/aromatic N) is 1. The van der Waals surface area contributed by atoms with Crippen LogP contribution in [0.25, 0.3) is 0 Å². The molecule has 21 heavy (non-hydrogen) atoms. The van der Waals surface area contributed by atoms with Crippen LogP contribution >= 0.6 is 0 Å². The molecule has 2 aliphatic heterocycles. The zero-order valence-corrected chi connectivity index (χ0v) is 13.0. The van der Waals surface area contributed by atoms with Crippen LogP contribution in [-0.2, 0) is 4.74 Å². The Kier molecular flexibility index (Phi) is 4.48. The lowest BCUT2D eigenvalue weighted by Gasteiger charge is -2.38. The van der Waals surface area contributed by atoms with Gasteiger partial charge >= 0.3 is 0 Å². The van der Waals surface area contributed by atoms with Crippen LogP contribution in [0.1, 0.15) is 38.3 Å². The molecule has 0 aromatic heterocycles. The van der Waals surface area contributed by atoms with Gasteiger partial charge in [0.1, 0.15) is 5.75 Å². The van der Waals surface area contributed by atoms with E-state index in [9.17, 15) is 0 Å². The van der Waals surface area contributed by atoms with E-state index in [1.54, 1.807) is 0 Å². The summed E-state index contributed by atoms with van der Waals surface area (Å²) < 4.78 is 11.9. The maximum atomic E-state index is 6.50. The summed E-state index contributed by atoms with van der Waals surface area (Å²) in [6.45, 7) is 7.00. The van der Waals surface area contributed by atoms with Gasteiger partial charge in [0.2, 0.25) is 0 Å². The van der Waals surface area contributed by atoms with E-state index in [0.717, 1.165) is 24.5 Å². The van der Waals surface area contributed by atoms with E-state index in [4.69, 9.17) is 15.2 Å². The Morgan fingerprint density at radius 3 is 2.95 bits per heavy atom. The molecule has 4 heteroatoms. The van der Waals surface area contributed by atoms with Gasteiger partial charge in [-0.2, -0.15) is 0 Å². The highest BCUT2D eigenvalue weighted by atomic mass is 16.5. The lowest BCUT2D eigenvalue weighted by atomic mass is 9.99. The second kappa shape index (κ2) is 6.34. The average molecular weight is 290 g/mol. The lowest BCUT2D eigenvalue weighted by molar-refractivity contribution is -0.0600. The smallest absolute Gasteiger partial charge is 0.124 e. The summed E-state index contributed by atoms with van der Waals surface area (Å²) in [4.78, 5) is 2.53. The van der Waals surface area contributed by atoms with Crippen molar-refractivity contribution in [2.45, 2.75) is 51.0 Å². The highest BCUT2D eigenvalue weighted by Gasteiger charge is 2.35. The van der Waals surface area contributed by atoms with E-state index in [0.29, 0.717) is 6.04 Å². The Balaban J connectivity index is 1.74. The Morgan fingerprint density at radius 2 is 2.14 bits per heavy atom. The molecule has 0 aliphatic carbocycles. The molecule has 0 radical (unpaired) electrons. The molecule has 3 rings (SSSR count). The van der Waals surface area contributed by atoms with Gasteiger partial charge in [0, 0.05) is 18.2 Å². The molecule has 1 aromatic carbocycles. The van der Waals surface area contributed by atoms with E-state index in [1.165, 1.54) is 19.4 Å². The number of ether oxygens (including phenoxy) is 2. The van der Waals surface area contributed by atoms with Crippen LogP contribution in [0.2, 0.25) is 0 Å². The van der Waals surface area contributed by atoms with Crippen LogP contribution in [-0.4, -0.2) is 42.8 Å². The molecule has 4 nitrogen and oxygen atoms in total. The zero-order chi connectivity index (χ0) is 14.8. The standard InChI is InChI=1S/C17H26N2O2/c1-12(2)21-15-8-4-3-7-14(15)17(18)16-10-19-9-5-6-13(19)11-20-16/h3-4,7-8,12-13,16-17H,5-6,9-11,18H2,1-2H3. The van der Waals surface area contributed by atoms with Crippen molar-refractivity contribution in [1.29, 1.82) is 0 Å². The van der Waals surface area contributed by atoms with Crippen molar-refractivity contribution in [2.75, 3.05) is 19.7 Å². The van der Waals surface area contributed by atoms with E-state index in [-0.39, 0.29) is 18.2 Å². The maximum Gasteiger partial charge on any atom is 0.124 e. The number of morpholine rings is 1. The van der Waals surface area contributed by atoms with Crippen LogP contribution in [0.4, 0.5) is 0 Å². The third kappa shape index (κ3) is 3.23. The normalized spacial score (nSPS) is 27.6. The Bertz CT molecular complexity index is 478. The summed E-state index contributed by atoms with van der Waals surface area (Å²) in [5, 5.41) is 0. The summed E-state index contributed by atoms with van der Waals surface area (Å²) in [6.07, 6.45) is 2.74. The predicted octanol–water partition coefficient (Wildman–Crippen LogP) is 2.34. The van der Waals surface area contributed by atoms with Crippen molar-refractivity contribution in [3.63, 3.8) is 0 Å². The van der Waals surface area contributed by atoms with Crippen molar-refractivity contribution in [3.8, 4) is 5.75 Å². The zero-order valence-electron chi connectivity index (χ0n) is 13.0. The van der Waals surface area contributed by atoms with Crippen LogP contribution < -0.4 is 10.5 Å². The fourth-order valence-corrected chi connectivity index (χ4v) is 3.38. The fraction of sp³-hybridized carbons (Fsp3) is 0.647. The minimum atomic E-state index is -0.138. The van der Waals surface area contributed by atoms with E-state index < -0.39 is 0 Å².